The highest BCUT2D eigenvalue weighted by Crippen LogP contribution is 2.12. The van der Waals surface area contributed by atoms with Crippen molar-refractivity contribution in [2.75, 3.05) is 12.3 Å². The van der Waals surface area contributed by atoms with E-state index in [9.17, 15) is 8.42 Å². The number of nitrogens with one attached hydrogen (secondary N) is 2. The van der Waals surface area contributed by atoms with Gasteiger partial charge in [0.25, 0.3) is 0 Å². The van der Waals surface area contributed by atoms with Gasteiger partial charge in [-0.1, -0.05) is 48.5 Å². The average molecular weight is 332 g/mol. The van der Waals surface area contributed by atoms with Crippen LogP contribution in [-0.4, -0.2) is 20.7 Å². The third kappa shape index (κ3) is 5.78. The van der Waals surface area contributed by atoms with Gasteiger partial charge < -0.3 is 5.32 Å². The first kappa shape index (κ1) is 17.7. The van der Waals surface area contributed by atoms with Crippen molar-refractivity contribution in [3.05, 3.63) is 70.8 Å². The van der Waals surface area contributed by atoms with Crippen LogP contribution in [0.2, 0.25) is 0 Å². The molecule has 0 aromatic heterocycles. The van der Waals surface area contributed by atoms with Crippen molar-refractivity contribution in [2.24, 2.45) is 0 Å². The summed E-state index contributed by atoms with van der Waals surface area (Å²) in [5.74, 6) is 0.0741. The molecule has 0 heterocycles. The van der Waals surface area contributed by atoms with E-state index in [1.165, 1.54) is 16.7 Å². The minimum absolute atomic E-state index is 0.0741. The maximum atomic E-state index is 12.0. The van der Waals surface area contributed by atoms with Crippen LogP contribution in [0.4, 0.5) is 0 Å². The summed E-state index contributed by atoms with van der Waals surface area (Å²) in [6, 6.07) is 15.7. The molecule has 5 heteroatoms. The lowest BCUT2D eigenvalue weighted by molar-refractivity contribution is 0.576. The summed E-state index contributed by atoms with van der Waals surface area (Å²) in [6.07, 6.45) is 0. The monoisotopic (exact) mass is 332 g/mol. The summed E-state index contributed by atoms with van der Waals surface area (Å²) >= 11 is 0. The van der Waals surface area contributed by atoms with E-state index in [2.05, 4.69) is 36.0 Å². The Balaban J connectivity index is 1.75. The van der Waals surface area contributed by atoms with Crippen molar-refractivity contribution in [3.8, 4) is 0 Å². The van der Waals surface area contributed by atoms with Crippen LogP contribution in [0.15, 0.2) is 48.5 Å². The highest BCUT2D eigenvalue weighted by Gasteiger charge is 2.09. The van der Waals surface area contributed by atoms with E-state index in [4.69, 9.17) is 0 Å². The largest absolute Gasteiger partial charge is 0.312 e. The zero-order chi connectivity index (χ0) is 16.7. The number of benzene rings is 2. The van der Waals surface area contributed by atoms with Gasteiger partial charge in [0, 0.05) is 19.6 Å². The van der Waals surface area contributed by atoms with Gasteiger partial charge in [0.05, 0.1) is 5.75 Å². The number of hydrogen-bond acceptors (Lipinski definition) is 3. The minimum atomic E-state index is -3.26. The third-order valence-electron chi connectivity index (χ3n) is 3.92. The summed E-state index contributed by atoms with van der Waals surface area (Å²) in [5.41, 5.74) is 4.67. The molecule has 23 heavy (non-hydrogen) atoms. The molecule has 0 fully saturated rings. The second-order valence-corrected chi connectivity index (χ2v) is 7.59. The number of rotatable bonds is 8. The van der Waals surface area contributed by atoms with Crippen LogP contribution in [0.25, 0.3) is 0 Å². The fourth-order valence-corrected chi connectivity index (χ4v) is 3.24. The highest BCUT2D eigenvalue weighted by molar-refractivity contribution is 7.89. The van der Waals surface area contributed by atoms with E-state index >= 15 is 0 Å². The molecule has 2 aromatic carbocycles. The first-order valence-corrected chi connectivity index (χ1v) is 9.40. The van der Waals surface area contributed by atoms with Crippen molar-refractivity contribution in [2.45, 2.75) is 26.9 Å². The van der Waals surface area contributed by atoms with Crippen LogP contribution in [0.5, 0.6) is 0 Å². The Labute approximate surface area is 139 Å². The first-order valence-electron chi connectivity index (χ1n) is 7.75. The van der Waals surface area contributed by atoms with E-state index in [1.807, 2.05) is 36.4 Å². The lowest BCUT2D eigenvalue weighted by Crippen LogP contribution is -2.31. The lowest BCUT2D eigenvalue weighted by Gasteiger charge is -2.11. The molecule has 2 aromatic rings. The molecule has 2 N–H and O–H groups in total. The molecule has 0 aliphatic carbocycles. The quantitative estimate of drug-likeness (QED) is 0.730. The molecule has 0 saturated heterocycles. The predicted molar refractivity (Wildman–Crippen MR) is 94.7 cm³/mol. The Kier molecular flexibility index (Phi) is 6.33. The molecule has 0 bridgehead atoms. The van der Waals surface area contributed by atoms with Crippen LogP contribution in [-0.2, 0) is 23.1 Å². The summed E-state index contributed by atoms with van der Waals surface area (Å²) in [6.45, 7) is 5.61. The molecule has 124 valence electrons. The van der Waals surface area contributed by atoms with Gasteiger partial charge in [-0.05, 0) is 36.1 Å². The standard InChI is InChI=1S/C18H24N2O2S/c1-15-7-6-10-18(16(15)2)14-19-11-12-23(21,22)20-13-17-8-4-3-5-9-17/h3-10,19-20H,11-14H2,1-2H3. The van der Waals surface area contributed by atoms with Gasteiger partial charge in [-0.15, -0.1) is 0 Å². The summed E-state index contributed by atoms with van der Waals surface area (Å²) in [5, 5.41) is 3.20. The predicted octanol–water partition coefficient (Wildman–Crippen LogP) is 2.51. The zero-order valence-corrected chi connectivity index (χ0v) is 14.5. The fraction of sp³-hybridized carbons (Fsp3) is 0.333. The van der Waals surface area contributed by atoms with Crippen LogP contribution in [0.1, 0.15) is 22.3 Å². The van der Waals surface area contributed by atoms with Gasteiger partial charge in [-0.25, -0.2) is 13.1 Å². The maximum Gasteiger partial charge on any atom is 0.213 e. The van der Waals surface area contributed by atoms with Crippen molar-refractivity contribution in [1.29, 1.82) is 0 Å². The maximum absolute atomic E-state index is 12.0. The average Bonchev–Trinajstić information content (AvgIpc) is 2.54. The summed E-state index contributed by atoms with van der Waals surface area (Å²) < 4.78 is 26.6. The van der Waals surface area contributed by atoms with Crippen LogP contribution >= 0.6 is 0 Å². The van der Waals surface area contributed by atoms with Gasteiger partial charge in [0.2, 0.25) is 10.0 Å². The Hall–Kier alpha value is -1.69. The summed E-state index contributed by atoms with van der Waals surface area (Å²) in [4.78, 5) is 0. The molecule has 0 radical (unpaired) electrons. The first-order chi connectivity index (χ1) is 11.0. The topological polar surface area (TPSA) is 58.2 Å². The molecule has 0 spiro atoms. The van der Waals surface area contributed by atoms with Crippen molar-refractivity contribution in [1.82, 2.24) is 10.0 Å². The SMILES string of the molecule is Cc1cccc(CNCCS(=O)(=O)NCc2ccccc2)c1C. The van der Waals surface area contributed by atoms with E-state index in [-0.39, 0.29) is 5.75 Å². The minimum Gasteiger partial charge on any atom is -0.312 e. The molecule has 0 unspecified atom stereocenters. The Morgan fingerprint density at radius 2 is 1.65 bits per heavy atom. The van der Waals surface area contributed by atoms with E-state index < -0.39 is 10.0 Å². The number of hydrogen-bond donors (Lipinski definition) is 2. The molecule has 0 amide bonds. The van der Waals surface area contributed by atoms with Gasteiger partial charge in [0.15, 0.2) is 0 Å². The van der Waals surface area contributed by atoms with Crippen LogP contribution < -0.4 is 10.0 Å². The molecule has 2 rings (SSSR count). The molecule has 0 atom stereocenters. The molecule has 0 aliphatic heterocycles. The van der Waals surface area contributed by atoms with E-state index in [0.717, 1.165) is 5.56 Å². The second kappa shape index (κ2) is 8.24. The smallest absolute Gasteiger partial charge is 0.213 e. The van der Waals surface area contributed by atoms with Gasteiger partial charge in [-0.2, -0.15) is 0 Å². The van der Waals surface area contributed by atoms with Crippen molar-refractivity contribution in [3.63, 3.8) is 0 Å². The Morgan fingerprint density at radius 3 is 2.39 bits per heavy atom. The number of sulfonamides is 1. The normalized spacial score (nSPS) is 11.6. The van der Waals surface area contributed by atoms with Crippen molar-refractivity contribution < 1.29 is 8.42 Å². The van der Waals surface area contributed by atoms with Gasteiger partial charge >= 0.3 is 0 Å². The third-order valence-corrected chi connectivity index (χ3v) is 5.24. The van der Waals surface area contributed by atoms with Crippen molar-refractivity contribution >= 4 is 10.0 Å². The second-order valence-electron chi connectivity index (χ2n) is 5.66. The van der Waals surface area contributed by atoms with E-state index in [0.29, 0.717) is 19.6 Å². The highest BCUT2D eigenvalue weighted by atomic mass is 32.2. The molecule has 0 aliphatic rings. The Morgan fingerprint density at radius 1 is 0.913 bits per heavy atom. The van der Waals surface area contributed by atoms with E-state index in [1.54, 1.807) is 0 Å². The van der Waals surface area contributed by atoms with Gasteiger partial charge in [0.1, 0.15) is 0 Å². The molecule has 4 nitrogen and oxygen atoms in total. The summed E-state index contributed by atoms with van der Waals surface area (Å²) in [7, 11) is -3.26. The van der Waals surface area contributed by atoms with Crippen LogP contribution in [0, 0.1) is 13.8 Å². The van der Waals surface area contributed by atoms with Gasteiger partial charge in [-0.3, -0.25) is 0 Å². The zero-order valence-electron chi connectivity index (χ0n) is 13.7. The molecular formula is C18H24N2O2S. The van der Waals surface area contributed by atoms with Crippen LogP contribution in [0.3, 0.4) is 0 Å². The fourth-order valence-electron chi connectivity index (χ4n) is 2.29. The lowest BCUT2D eigenvalue weighted by atomic mass is 10.0. The number of aryl methyl sites for hydroxylation is 1. The Bertz CT molecular complexity index is 728. The molecule has 0 saturated carbocycles. The molecular weight excluding hydrogens is 308 g/mol.